The quantitative estimate of drug-likeness (QED) is 0.783. The first-order valence-corrected chi connectivity index (χ1v) is 7.85. The van der Waals surface area contributed by atoms with Gasteiger partial charge in [0.25, 0.3) is 0 Å². The molecule has 2 unspecified atom stereocenters. The van der Waals surface area contributed by atoms with Crippen molar-refractivity contribution in [1.82, 2.24) is 4.90 Å². The Bertz CT molecular complexity index is 551. The molecule has 0 aromatic heterocycles. The molecule has 116 valence electrons. The van der Waals surface area contributed by atoms with Gasteiger partial charge in [0.15, 0.2) is 5.82 Å². The van der Waals surface area contributed by atoms with Gasteiger partial charge in [-0.15, -0.1) is 0 Å². The topological polar surface area (TPSA) is 58.5 Å². The Morgan fingerprint density at radius 1 is 1.24 bits per heavy atom. The Hall–Kier alpha value is -1.20. The van der Waals surface area contributed by atoms with Crippen LogP contribution in [0.5, 0.6) is 0 Å². The van der Waals surface area contributed by atoms with Crippen LogP contribution < -0.4 is 16.4 Å². The molecule has 1 aromatic carbocycles. The van der Waals surface area contributed by atoms with Crippen molar-refractivity contribution in [3.05, 3.63) is 16.9 Å². The molecule has 4 nitrogen and oxygen atoms in total. The van der Waals surface area contributed by atoms with E-state index in [1.54, 1.807) is 6.07 Å². The molecule has 0 saturated carbocycles. The van der Waals surface area contributed by atoms with E-state index < -0.39 is 5.82 Å². The zero-order valence-electron chi connectivity index (χ0n) is 12.3. The van der Waals surface area contributed by atoms with Crippen LogP contribution in [0.4, 0.5) is 21.5 Å². The summed E-state index contributed by atoms with van der Waals surface area (Å²) in [6.45, 7) is 2.79. The maximum Gasteiger partial charge on any atom is 0.169 e. The normalized spacial score (nSPS) is 26.7. The van der Waals surface area contributed by atoms with Crippen LogP contribution in [0.2, 0.25) is 5.02 Å². The van der Waals surface area contributed by atoms with Crippen molar-refractivity contribution in [2.45, 2.75) is 25.3 Å². The molecule has 2 saturated heterocycles. The monoisotopic (exact) mass is 312 g/mol. The molecular weight excluding hydrogens is 291 g/mol. The molecule has 2 aliphatic rings. The minimum absolute atomic E-state index is 0.0258. The summed E-state index contributed by atoms with van der Waals surface area (Å²) in [5.41, 5.74) is 12.6. The number of benzene rings is 1. The number of nitrogens with zero attached hydrogens (tertiary/aromatic N) is 2. The van der Waals surface area contributed by atoms with E-state index in [9.17, 15) is 4.39 Å². The van der Waals surface area contributed by atoms with Gasteiger partial charge < -0.3 is 21.3 Å². The van der Waals surface area contributed by atoms with Crippen LogP contribution in [0.3, 0.4) is 0 Å². The second-order valence-electron chi connectivity index (χ2n) is 6.22. The Kier molecular flexibility index (Phi) is 3.88. The first-order valence-electron chi connectivity index (χ1n) is 7.47. The van der Waals surface area contributed by atoms with Crippen LogP contribution in [0.25, 0.3) is 0 Å². The van der Waals surface area contributed by atoms with Crippen molar-refractivity contribution >= 4 is 28.7 Å². The summed E-state index contributed by atoms with van der Waals surface area (Å²) < 4.78 is 14.5. The van der Waals surface area contributed by atoms with E-state index in [4.69, 9.17) is 23.1 Å². The smallest absolute Gasteiger partial charge is 0.169 e. The van der Waals surface area contributed by atoms with Crippen LogP contribution in [-0.2, 0) is 0 Å². The number of likely N-dealkylation sites (tertiary alicyclic amines) is 1. The maximum atomic E-state index is 14.5. The summed E-state index contributed by atoms with van der Waals surface area (Å²) in [6, 6.07) is 2.16. The number of fused-ring (bicyclic) bond motifs is 1. The Morgan fingerprint density at radius 3 is 2.76 bits per heavy atom. The zero-order chi connectivity index (χ0) is 15.1. The second-order valence-corrected chi connectivity index (χ2v) is 6.59. The Labute approximate surface area is 129 Å². The molecule has 3 rings (SSSR count). The number of piperidine rings is 2. The number of rotatable bonds is 1. The lowest BCUT2D eigenvalue weighted by Crippen LogP contribution is -2.53. The van der Waals surface area contributed by atoms with Crippen molar-refractivity contribution in [1.29, 1.82) is 0 Å². The molecule has 2 atom stereocenters. The van der Waals surface area contributed by atoms with E-state index in [1.165, 1.54) is 12.8 Å². The van der Waals surface area contributed by atoms with Gasteiger partial charge in [0.05, 0.1) is 17.1 Å². The highest BCUT2D eigenvalue weighted by Crippen LogP contribution is 2.39. The third-order valence-corrected chi connectivity index (χ3v) is 5.28. The molecular formula is C15H22ClFN4. The van der Waals surface area contributed by atoms with E-state index in [1.807, 2.05) is 4.90 Å². The van der Waals surface area contributed by atoms with E-state index in [0.29, 0.717) is 23.3 Å². The summed E-state index contributed by atoms with van der Waals surface area (Å²) in [6.07, 6.45) is 3.42. The lowest BCUT2D eigenvalue weighted by molar-refractivity contribution is 0.102. The minimum Gasteiger partial charge on any atom is -0.397 e. The van der Waals surface area contributed by atoms with Crippen LogP contribution in [-0.4, -0.2) is 37.6 Å². The number of hydrogen-bond donors (Lipinski definition) is 2. The van der Waals surface area contributed by atoms with E-state index in [0.717, 1.165) is 26.1 Å². The predicted octanol–water partition coefficient (Wildman–Crippen LogP) is 2.56. The van der Waals surface area contributed by atoms with Crippen LogP contribution >= 0.6 is 11.6 Å². The van der Waals surface area contributed by atoms with Gasteiger partial charge in [0, 0.05) is 19.1 Å². The predicted molar refractivity (Wildman–Crippen MR) is 86.2 cm³/mol. The fraction of sp³-hybridized carbons (Fsp3) is 0.600. The Morgan fingerprint density at radius 2 is 2.00 bits per heavy atom. The molecule has 0 spiro atoms. The highest BCUT2D eigenvalue weighted by Gasteiger charge is 2.35. The molecule has 0 amide bonds. The van der Waals surface area contributed by atoms with Crippen molar-refractivity contribution < 1.29 is 4.39 Å². The maximum absolute atomic E-state index is 14.5. The largest absolute Gasteiger partial charge is 0.397 e. The van der Waals surface area contributed by atoms with Gasteiger partial charge in [-0.25, -0.2) is 4.39 Å². The fourth-order valence-electron chi connectivity index (χ4n) is 3.83. The molecule has 2 aliphatic heterocycles. The van der Waals surface area contributed by atoms with Crippen LogP contribution in [0.1, 0.15) is 19.3 Å². The minimum atomic E-state index is -0.489. The summed E-state index contributed by atoms with van der Waals surface area (Å²) >= 11 is 5.94. The molecule has 21 heavy (non-hydrogen) atoms. The first kappa shape index (κ1) is 14.7. The second kappa shape index (κ2) is 5.54. The molecule has 2 heterocycles. The van der Waals surface area contributed by atoms with Gasteiger partial charge in [-0.3, -0.25) is 0 Å². The summed E-state index contributed by atoms with van der Waals surface area (Å²) in [5, 5.41) is -0.0258. The van der Waals surface area contributed by atoms with Gasteiger partial charge in [0.2, 0.25) is 0 Å². The highest BCUT2D eigenvalue weighted by atomic mass is 35.5. The van der Waals surface area contributed by atoms with Crippen molar-refractivity contribution in [2.24, 2.45) is 5.92 Å². The fourth-order valence-corrected chi connectivity index (χ4v) is 3.98. The first-order chi connectivity index (χ1) is 9.99. The van der Waals surface area contributed by atoms with Gasteiger partial charge in [0.1, 0.15) is 5.02 Å². The van der Waals surface area contributed by atoms with Crippen LogP contribution in [0, 0.1) is 11.7 Å². The van der Waals surface area contributed by atoms with Gasteiger partial charge >= 0.3 is 0 Å². The van der Waals surface area contributed by atoms with Gasteiger partial charge in [-0.2, -0.15) is 0 Å². The zero-order valence-corrected chi connectivity index (χ0v) is 13.0. The average Bonchev–Trinajstić information content (AvgIpc) is 2.45. The van der Waals surface area contributed by atoms with Crippen molar-refractivity contribution in [2.75, 3.05) is 43.0 Å². The Balaban J connectivity index is 1.88. The molecule has 4 N–H and O–H groups in total. The highest BCUT2D eigenvalue weighted by molar-refractivity contribution is 6.33. The lowest BCUT2D eigenvalue weighted by atomic mass is 9.84. The van der Waals surface area contributed by atoms with Gasteiger partial charge in [-0.05, 0) is 44.8 Å². The molecule has 0 radical (unpaired) electrons. The van der Waals surface area contributed by atoms with E-state index >= 15 is 0 Å². The van der Waals surface area contributed by atoms with Crippen LogP contribution in [0.15, 0.2) is 6.07 Å². The van der Waals surface area contributed by atoms with E-state index in [-0.39, 0.29) is 10.7 Å². The van der Waals surface area contributed by atoms with Gasteiger partial charge in [-0.1, -0.05) is 11.6 Å². The van der Waals surface area contributed by atoms with Crippen molar-refractivity contribution in [3.8, 4) is 0 Å². The number of anilines is 3. The third-order valence-electron chi connectivity index (χ3n) is 4.90. The average molecular weight is 313 g/mol. The molecule has 0 aliphatic carbocycles. The van der Waals surface area contributed by atoms with Crippen molar-refractivity contribution in [3.63, 3.8) is 0 Å². The summed E-state index contributed by atoms with van der Waals surface area (Å²) in [4.78, 5) is 4.47. The summed E-state index contributed by atoms with van der Waals surface area (Å²) in [5.74, 6) is 0.0735. The SMILES string of the molecule is CN1CCCC2CN(c3c(N)cc(N)c(Cl)c3F)CCC21. The number of halogens is 2. The number of nitrogens with two attached hydrogens (primary N) is 2. The molecule has 2 fully saturated rings. The molecule has 6 heteroatoms. The summed E-state index contributed by atoms with van der Waals surface area (Å²) in [7, 11) is 2.18. The molecule has 1 aromatic rings. The molecule has 0 bridgehead atoms. The number of nitrogen functional groups attached to an aromatic ring is 2. The van der Waals surface area contributed by atoms with E-state index in [2.05, 4.69) is 11.9 Å². The standard InChI is InChI=1S/C15H22ClFN4/c1-20-5-2-3-9-8-21(6-4-12(9)20)15-11(19)7-10(18)13(16)14(15)17/h7,9,12H,2-6,8,18-19H2,1H3. The third kappa shape index (κ3) is 2.53. The number of hydrogen-bond acceptors (Lipinski definition) is 4. The lowest BCUT2D eigenvalue weighted by Gasteiger charge is -2.46.